The van der Waals surface area contributed by atoms with Crippen LogP contribution >= 0.6 is 0 Å². The molecule has 3 aromatic carbocycles. The summed E-state index contributed by atoms with van der Waals surface area (Å²) in [5.74, 6) is 1.36. The SMILES string of the molecule is CCCCOc1ccc(C2c3c(-c4ccc(C)cc4)n[nH]c3C(=O)N2Cc2ccccc2)cc1OCC. The van der Waals surface area contributed by atoms with Gasteiger partial charge in [-0.05, 0) is 43.5 Å². The van der Waals surface area contributed by atoms with Crippen LogP contribution in [0.1, 0.15) is 65.5 Å². The first kappa shape index (κ1) is 24.6. The van der Waals surface area contributed by atoms with Crippen LogP contribution in [0.25, 0.3) is 11.3 Å². The Hall–Kier alpha value is -4.06. The van der Waals surface area contributed by atoms with Gasteiger partial charge in [0.2, 0.25) is 0 Å². The van der Waals surface area contributed by atoms with Gasteiger partial charge in [0, 0.05) is 17.7 Å². The molecule has 0 spiro atoms. The Kier molecular flexibility index (Phi) is 7.26. The number of amides is 1. The monoisotopic (exact) mass is 495 g/mol. The van der Waals surface area contributed by atoms with Crippen LogP contribution < -0.4 is 9.47 Å². The lowest BCUT2D eigenvalue weighted by Crippen LogP contribution is -2.29. The van der Waals surface area contributed by atoms with Crippen molar-refractivity contribution in [1.82, 2.24) is 15.1 Å². The molecule has 1 atom stereocenters. The fourth-order valence-electron chi connectivity index (χ4n) is 4.83. The van der Waals surface area contributed by atoms with Crippen LogP contribution in [0.2, 0.25) is 0 Å². The van der Waals surface area contributed by atoms with Crippen LogP contribution in [0.5, 0.6) is 11.5 Å². The standard InChI is InChI=1S/C31H33N3O3/c1-4-6-18-37-25-17-16-24(19-26(25)36-5-2)30-27-28(23-14-12-21(3)13-15-23)32-33-29(27)31(35)34(30)20-22-10-8-7-9-11-22/h7-17,19,30H,4-6,18,20H2,1-3H3,(H,32,33). The van der Waals surface area contributed by atoms with Gasteiger partial charge in [-0.3, -0.25) is 9.89 Å². The van der Waals surface area contributed by atoms with E-state index in [0.29, 0.717) is 31.2 Å². The molecule has 5 rings (SSSR count). The van der Waals surface area contributed by atoms with Gasteiger partial charge >= 0.3 is 0 Å². The van der Waals surface area contributed by atoms with Gasteiger partial charge in [0.15, 0.2) is 11.5 Å². The molecule has 4 aromatic rings. The number of rotatable bonds is 10. The average molecular weight is 496 g/mol. The first-order valence-electron chi connectivity index (χ1n) is 13.0. The van der Waals surface area contributed by atoms with Crippen LogP contribution in [0.4, 0.5) is 0 Å². The fourth-order valence-corrected chi connectivity index (χ4v) is 4.83. The Balaban J connectivity index is 1.60. The normalized spacial score (nSPS) is 14.6. The highest BCUT2D eigenvalue weighted by molar-refractivity contribution is 6.00. The molecule has 6 nitrogen and oxygen atoms in total. The molecule has 0 saturated carbocycles. The van der Waals surface area contributed by atoms with Crippen LogP contribution in [0.15, 0.2) is 72.8 Å². The predicted molar refractivity (Wildman–Crippen MR) is 145 cm³/mol. The lowest BCUT2D eigenvalue weighted by molar-refractivity contribution is 0.0729. The van der Waals surface area contributed by atoms with Crippen LogP contribution in [-0.4, -0.2) is 34.2 Å². The number of aromatic amines is 1. The van der Waals surface area contributed by atoms with Crippen LogP contribution in [0.3, 0.4) is 0 Å². The number of aromatic nitrogens is 2. The molecule has 1 amide bonds. The average Bonchev–Trinajstić information content (AvgIpc) is 3.45. The van der Waals surface area contributed by atoms with Crippen molar-refractivity contribution in [2.75, 3.05) is 13.2 Å². The van der Waals surface area contributed by atoms with Crippen LogP contribution in [-0.2, 0) is 6.54 Å². The number of carbonyl (C=O) groups is 1. The number of hydrogen-bond acceptors (Lipinski definition) is 4. The second-order valence-electron chi connectivity index (χ2n) is 9.39. The molecule has 1 aromatic heterocycles. The van der Waals surface area contributed by atoms with E-state index in [9.17, 15) is 4.79 Å². The van der Waals surface area contributed by atoms with E-state index >= 15 is 0 Å². The summed E-state index contributed by atoms with van der Waals surface area (Å²) in [7, 11) is 0. The topological polar surface area (TPSA) is 67.5 Å². The molecule has 1 aliphatic rings. The Morgan fingerprint density at radius 1 is 0.946 bits per heavy atom. The van der Waals surface area contributed by atoms with Crippen molar-refractivity contribution in [1.29, 1.82) is 0 Å². The summed E-state index contributed by atoms with van der Waals surface area (Å²) in [5.41, 5.74) is 6.42. The molecular formula is C31H33N3O3. The summed E-state index contributed by atoms with van der Waals surface area (Å²) in [6, 6.07) is 24.0. The number of aryl methyl sites for hydroxylation is 1. The zero-order chi connectivity index (χ0) is 25.8. The number of nitrogens with one attached hydrogen (secondary N) is 1. The molecule has 37 heavy (non-hydrogen) atoms. The lowest BCUT2D eigenvalue weighted by atomic mass is 9.95. The van der Waals surface area contributed by atoms with Gasteiger partial charge in [0.1, 0.15) is 5.69 Å². The van der Waals surface area contributed by atoms with E-state index in [0.717, 1.165) is 46.5 Å². The van der Waals surface area contributed by atoms with Gasteiger partial charge in [-0.25, -0.2) is 0 Å². The van der Waals surface area contributed by atoms with Gasteiger partial charge in [-0.1, -0.05) is 79.6 Å². The van der Waals surface area contributed by atoms with E-state index in [1.165, 1.54) is 5.56 Å². The van der Waals surface area contributed by atoms with Crippen LogP contribution in [0, 0.1) is 6.92 Å². The molecule has 0 aliphatic carbocycles. The highest BCUT2D eigenvalue weighted by Gasteiger charge is 2.42. The second-order valence-corrected chi connectivity index (χ2v) is 9.39. The maximum absolute atomic E-state index is 13.7. The quantitative estimate of drug-likeness (QED) is 0.248. The van der Waals surface area contributed by atoms with E-state index in [4.69, 9.17) is 9.47 Å². The number of nitrogens with zero attached hydrogens (tertiary/aromatic N) is 2. The fraction of sp³-hybridized carbons (Fsp3) is 0.290. The smallest absolute Gasteiger partial charge is 0.273 e. The van der Waals surface area contributed by atoms with Crippen molar-refractivity contribution in [3.05, 3.63) is 101 Å². The maximum Gasteiger partial charge on any atom is 0.273 e. The number of hydrogen-bond donors (Lipinski definition) is 1. The van der Waals surface area contributed by atoms with E-state index in [-0.39, 0.29) is 11.9 Å². The van der Waals surface area contributed by atoms with Crippen molar-refractivity contribution in [2.24, 2.45) is 0 Å². The number of ether oxygens (including phenoxy) is 2. The van der Waals surface area contributed by atoms with Gasteiger partial charge in [-0.15, -0.1) is 0 Å². The third kappa shape index (κ3) is 4.96. The molecule has 1 unspecified atom stereocenters. The Bertz CT molecular complexity index is 1360. The summed E-state index contributed by atoms with van der Waals surface area (Å²) in [4.78, 5) is 15.6. The first-order valence-corrected chi connectivity index (χ1v) is 13.0. The van der Waals surface area contributed by atoms with Gasteiger partial charge in [-0.2, -0.15) is 5.10 Å². The molecule has 190 valence electrons. The number of benzene rings is 3. The van der Waals surface area contributed by atoms with Crippen molar-refractivity contribution < 1.29 is 14.3 Å². The minimum atomic E-state index is -0.318. The second kappa shape index (κ2) is 10.9. The summed E-state index contributed by atoms with van der Waals surface area (Å²) in [6.45, 7) is 7.82. The van der Waals surface area contributed by atoms with Gasteiger partial charge in [0.25, 0.3) is 5.91 Å². The first-order chi connectivity index (χ1) is 18.1. The molecule has 6 heteroatoms. The molecular weight excluding hydrogens is 462 g/mol. The molecule has 2 heterocycles. The number of unbranched alkanes of at least 4 members (excludes halogenated alkanes) is 1. The number of carbonyl (C=O) groups excluding carboxylic acids is 1. The third-order valence-corrected chi connectivity index (χ3v) is 6.72. The van der Waals surface area contributed by atoms with E-state index in [2.05, 4.69) is 48.3 Å². The van der Waals surface area contributed by atoms with Crippen molar-refractivity contribution >= 4 is 5.91 Å². The minimum absolute atomic E-state index is 0.0593. The van der Waals surface area contributed by atoms with Gasteiger partial charge < -0.3 is 14.4 Å². The zero-order valence-electron chi connectivity index (χ0n) is 21.7. The van der Waals surface area contributed by atoms with Crippen molar-refractivity contribution in [2.45, 2.75) is 46.2 Å². The highest BCUT2D eigenvalue weighted by Crippen LogP contribution is 2.45. The highest BCUT2D eigenvalue weighted by atomic mass is 16.5. The molecule has 1 N–H and O–H groups in total. The van der Waals surface area contributed by atoms with Crippen molar-refractivity contribution in [3.8, 4) is 22.8 Å². The van der Waals surface area contributed by atoms with E-state index in [1.54, 1.807) is 0 Å². The molecule has 0 saturated heterocycles. The number of H-pyrrole nitrogens is 1. The Morgan fingerprint density at radius 3 is 2.46 bits per heavy atom. The molecule has 0 bridgehead atoms. The molecule has 0 fully saturated rings. The molecule has 0 radical (unpaired) electrons. The molecule has 1 aliphatic heterocycles. The maximum atomic E-state index is 13.7. The summed E-state index contributed by atoms with van der Waals surface area (Å²) >= 11 is 0. The zero-order valence-corrected chi connectivity index (χ0v) is 21.7. The van der Waals surface area contributed by atoms with Crippen molar-refractivity contribution in [3.63, 3.8) is 0 Å². The van der Waals surface area contributed by atoms with E-state index in [1.807, 2.05) is 60.4 Å². The lowest BCUT2D eigenvalue weighted by Gasteiger charge is -2.27. The minimum Gasteiger partial charge on any atom is -0.490 e. The van der Waals surface area contributed by atoms with E-state index < -0.39 is 0 Å². The van der Waals surface area contributed by atoms with Gasteiger partial charge in [0.05, 0.1) is 24.9 Å². The Labute approximate surface area is 218 Å². The summed E-state index contributed by atoms with van der Waals surface area (Å²) in [5, 5.41) is 7.66. The predicted octanol–water partition coefficient (Wildman–Crippen LogP) is 6.71. The third-order valence-electron chi connectivity index (χ3n) is 6.72. The summed E-state index contributed by atoms with van der Waals surface area (Å²) < 4.78 is 12.0. The summed E-state index contributed by atoms with van der Waals surface area (Å²) in [6.07, 6.45) is 2.04. The number of fused-ring (bicyclic) bond motifs is 1. The Morgan fingerprint density at radius 2 is 1.73 bits per heavy atom. The largest absolute Gasteiger partial charge is 0.490 e.